The first-order valence-corrected chi connectivity index (χ1v) is 11.6. The highest BCUT2D eigenvalue weighted by Crippen LogP contribution is 2.40. The summed E-state index contributed by atoms with van der Waals surface area (Å²) in [5.74, 6) is 1.56. The van der Waals surface area contributed by atoms with E-state index in [2.05, 4.69) is 53.2 Å². The van der Waals surface area contributed by atoms with Gasteiger partial charge in [0, 0.05) is 26.3 Å². The molecule has 1 atom stereocenters. The molecule has 1 aromatic heterocycles. The predicted molar refractivity (Wildman–Crippen MR) is 133 cm³/mol. The Morgan fingerprint density at radius 3 is 2.65 bits per heavy atom. The molecule has 176 valence electrons. The summed E-state index contributed by atoms with van der Waals surface area (Å²) in [6, 6.07) is 13.1. The maximum absolute atomic E-state index is 13.6. The lowest BCUT2D eigenvalue weighted by molar-refractivity contribution is -0.0382. The average molecular weight is 460 g/mol. The molecule has 5 rings (SSSR count). The summed E-state index contributed by atoms with van der Waals surface area (Å²) in [4.78, 5) is 9.27. The van der Waals surface area contributed by atoms with E-state index in [0.717, 1.165) is 60.0 Å². The highest BCUT2D eigenvalue weighted by molar-refractivity contribution is 6.03. The maximum Gasteiger partial charge on any atom is 0.143 e. The van der Waals surface area contributed by atoms with E-state index >= 15 is 0 Å². The quantitative estimate of drug-likeness (QED) is 0.552. The number of imidazole rings is 1. The number of benzene rings is 2. The van der Waals surface area contributed by atoms with E-state index < -0.39 is 0 Å². The SMILES string of the molecule is COc1cc(C=C2CCN(C)N3C2=NCCC3(C)c2ccc(F)cc2)ccc1-n1cnc(C)c1. The molecule has 2 aliphatic rings. The molecule has 0 bridgehead atoms. The van der Waals surface area contributed by atoms with Gasteiger partial charge in [0.25, 0.3) is 0 Å². The van der Waals surface area contributed by atoms with Crippen LogP contribution in [-0.4, -0.2) is 52.7 Å². The van der Waals surface area contributed by atoms with Gasteiger partial charge < -0.3 is 9.30 Å². The predicted octanol–water partition coefficient (Wildman–Crippen LogP) is 4.98. The van der Waals surface area contributed by atoms with Gasteiger partial charge in [0.05, 0.1) is 30.4 Å². The lowest BCUT2D eigenvalue weighted by Gasteiger charge is -2.53. The highest BCUT2D eigenvalue weighted by Gasteiger charge is 2.43. The summed E-state index contributed by atoms with van der Waals surface area (Å²) in [6.45, 7) is 5.80. The smallest absolute Gasteiger partial charge is 0.143 e. The van der Waals surface area contributed by atoms with Crippen molar-refractivity contribution in [1.82, 2.24) is 19.6 Å². The number of hydrogen-bond donors (Lipinski definition) is 0. The van der Waals surface area contributed by atoms with Gasteiger partial charge in [-0.2, -0.15) is 0 Å². The molecule has 0 aliphatic carbocycles. The lowest BCUT2D eigenvalue weighted by Crippen LogP contribution is -2.60. The normalized spacial score (nSPS) is 22.0. The van der Waals surface area contributed by atoms with Crippen molar-refractivity contribution in [3.05, 3.63) is 83.2 Å². The molecule has 1 fully saturated rings. The van der Waals surface area contributed by atoms with Crippen LogP contribution in [0.25, 0.3) is 11.8 Å². The molecule has 6 nitrogen and oxygen atoms in total. The zero-order chi connectivity index (χ0) is 23.9. The molecular formula is C27H30FN5O. The summed E-state index contributed by atoms with van der Waals surface area (Å²) in [5.41, 5.74) is 4.97. The second kappa shape index (κ2) is 8.72. The van der Waals surface area contributed by atoms with Crippen LogP contribution in [0.4, 0.5) is 4.39 Å². The molecule has 0 radical (unpaired) electrons. The van der Waals surface area contributed by atoms with Crippen LogP contribution in [0.1, 0.15) is 36.6 Å². The molecule has 1 unspecified atom stereocenters. The molecular weight excluding hydrogens is 429 g/mol. The highest BCUT2D eigenvalue weighted by atomic mass is 19.1. The van der Waals surface area contributed by atoms with Crippen molar-refractivity contribution in [2.24, 2.45) is 4.99 Å². The van der Waals surface area contributed by atoms with Crippen molar-refractivity contribution in [1.29, 1.82) is 0 Å². The molecule has 7 heteroatoms. The summed E-state index contributed by atoms with van der Waals surface area (Å²) in [7, 11) is 3.79. The zero-order valence-electron chi connectivity index (χ0n) is 20.1. The number of ether oxygens (including phenoxy) is 1. The fraction of sp³-hybridized carbons (Fsp3) is 0.333. The molecule has 0 saturated carbocycles. The van der Waals surface area contributed by atoms with Crippen LogP contribution in [0, 0.1) is 12.7 Å². The van der Waals surface area contributed by atoms with E-state index in [4.69, 9.17) is 9.73 Å². The Kier molecular flexibility index (Phi) is 5.73. The minimum atomic E-state index is -0.292. The van der Waals surface area contributed by atoms with E-state index in [1.807, 2.05) is 29.8 Å². The van der Waals surface area contributed by atoms with Crippen LogP contribution in [0.5, 0.6) is 5.75 Å². The molecule has 34 heavy (non-hydrogen) atoms. The molecule has 0 N–H and O–H groups in total. The summed E-state index contributed by atoms with van der Waals surface area (Å²) >= 11 is 0. The van der Waals surface area contributed by atoms with Crippen LogP contribution in [-0.2, 0) is 5.54 Å². The van der Waals surface area contributed by atoms with Gasteiger partial charge >= 0.3 is 0 Å². The Morgan fingerprint density at radius 1 is 1.15 bits per heavy atom. The first kappa shape index (κ1) is 22.3. The fourth-order valence-corrected chi connectivity index (χ4v) is 5.02. The van der Waals surface area contributed by atoms with Gasteiger partial charge in [0.1, 0.15) is 17.4 Å². The zero-order valence-corrected chi connectivity index (χ0v) is 20.1. The first-order valence-electron chi connectivity index (χ1n) is 11.6. The second-order valence-electron chi connectivity index (χ2n) is 9.20. The van der Waals surface area contributed by atoms with Gasteiger partial charge in [-0.25, -0.2) is 14.4 Å². The Hall–Kier alpha value is -3.45. The van der Waals surface area contributed by atoms with Gasteiger partial charge in [-0.3, -0.25) is 10.0 Å². The van der Waals surface area contributed by atoms with Crippen molar-refractivity contribution in [2.75, 3.05) is 27.2 Å². The average Bonchev–Trinajstić information content (AvgIpc) is 3.27. The third kappa shape index (κ3) is 3.90. The number of amidine groups is 1. The van der Waals surface area contributed by atoms with Crippen LogP contribution in [0.3, 0.4) is 0 Å². The summed E-state index contributed by atoms with van der Waals surface area (Å²) in [6.07, 6.45) is 7.76. The number of fused-ring (bicyclic) bond motifs is 1. The lowest BCUT2D eigenvalue weighted by atomic mass is 9.84. The third-order valence-electron chi connectivity index (χ3n) is 6.86. The number of methoxy groups -OCH3 is 1. The topological polar surface area (TPSA) is 45.9 Å². The van der Waals surface area contributed by atoms with Crippen molar-refractivity contribution in [3.63, 3.8) is 0 Å². The number of nitrogens with zero attached hydrogens (tertiary/aromatic N) is 5. The van der Waals surface area contributed by atoms with E-state index in [-0.39, 0.29) is 11.4 Å². The number of aromatic nitrogens is 2. The number of hydrazine groups is 1. The number of halogens is 1. The van der Waals surface area contributed by atoms with Crippen LogP contribution >= 0.6 is 0 Å². The fourth-order valence-electron chi connectivity index (χ4n) is 5.02. The van der Waals surface area contributed by atoms with Gasteiger partial charge in [-0.05, 0) is 73.7 Å². The minimum absolute atomic E-state index is 0.215. The van der Waals surface area contributed by atoms with Gasteiger partial charge in [0.15, 0.2) is 0 Å². The molecule has 2 aromatic carbocycles. The molecule has 1 saturated heterocycles. The molecule has 3 aromatic rings. The van der Waals surface area contributed by atoms with Crippen LogP contribution < -0.4 is 4.74 Å². The Bertz CT molecular complexity index is 1260. The Morgan fingerprint density at radius 2 is 1.94 bits per heavy atom. The van der Waals surface area contributed by atoms with E-state index in [1.165, 1.54) is 5.57 Å². The molecule has 0 amide bonds. The molecule has 3 heterocycles. The second-order valence-corrected chi connectivity index (χ2v) is 9.20. The van der Waals surface area contributed by atoms with Crippen LogP contribution in [0.15, 0.2) is 65.6 Å². The number of hydrogen-bond acceptors (Lipinski definition) is 5. The monoisotopic (exact) mass is 459 g/mol. The van der Waals surface area contributed by atoms with E-state index in [9.17, 15) is 4.39 Å². The Labute approximate surface area is 200 Å². The van der Waals surface area contributed by atoms with Gasteiger partial charge in [-0.1, -0.05) is 18.2 Å². The Balaban J connectivity index is 1.51. The summed E-state index contributed by atoms with van der Waals surface area (Å²) < 4.78 is 21.3. The van der Waals surface area contributed by atoms with Gasteiger partial charge in [-0.15, -0.1) is 0 Å². The third-order valence-corrected chi connectivity index (χ3v) is 6.86. The van der Waals surface area contributed by atoms with Crippen LogP contribution in [0.2, 0.25) is 0 Å². The standard InChI is InChI=1S/C27H30FN5O/c1-19-17-32(18-30-19)24-10-5-20(16-25(24)34-4)15-21-11-14-31(3)33-26(21)29-13-12-27(33,2)22-6-8-23(28)9-7-22/h5-10,15-18H,11-14H2,1-4H3. The molecule has 0 spiro atoms. The first-order chi connectivity index (χ1) is 16.4. The number of aryl methyl sites for hydroxylation is 1. The maximum atomic E-state index is 13.6. The van der Waals surface area contributed by atoms with Crippen molar-refractivity contribution in [3.8, 4) is 11.4 Å². The van der Waals surface area contributed by atoms with Crippen molar-refractivity contribution in [2.45, 2.75) is 32.2 Å². The largest absolute Gasteiger partial charge is 0.495 e. The molecule has 2 aliphatic heterocycles. The van der Waals surface area contributed by atoms with Gasteiger partial charge in [0.2, 0.25) is 0 Å². The minimum Gasteiger partial charge on any atom is -0.495 e. The van der Waals surface area contributed by atoms with E-state index in [1.54, 1.807) is 25.6 Å². The summed E-state index contributed by atoms with van der Waals surface area (Å²) in [5, 5.41) is 4.53. The number of aliphatic imine (C=N–C) groups is 1. The van der Waals surface area contributed by atoms with Crippen molar-refractivity contribution >= 4 is 11.9 Å². The van der Waals surface area contributed by atoms with Crippen molar-refractivity contribution < 1.29 is 9.13 Å². The van der Waals surface area contributed by atoms with E-state index in [0.29, 0.717) is 0 Å². The number of rotatable bonds is 4.